The Hall–Kier alpha value is -2.08. The Morgan fingerprint density at radius 3 is 2.67 bits per heavy atom. The SMILES string of the molecule is C#Cc1cnc2cc(OC)c(F)cc2c1C(C)C. The highest BCUT2D eigenvalue weighted by atomic mass is 19.1. The van der Waals surface area contributed by atoms with Gasteiger partial charge in [0.05, 0.1) is 12.6 Å². The number of methoxy groups -OCH3 is 1. The molecule has 0 saturated carbocycles. The van der Waals surface area contributed by atoms with Gasteiger partial charge in [0.1, 0.15) is 0 Å². The normalized spacial score (nSPS) is 10.7. The van der Waals surface area contributed by atoms with E-state index < -0.39 is 5.82 Å². The van der Waals surface area contributed by atoms with Gasteiger partial charge in [-0.15, -0.1) is 6.42 Å². The lowest BCUT2D eigenvalue weighted by molar-refractivity contribution is 0.387. The van der Waals surface area contributed by atoms with Crippen LogP contribution in [0, 0.1) is 18.2 Å². The summed E-state index contributed by atoms with van der Waals surface area (Å²) in [7, 11) is 1.43. The molecule has 0 fully saturated rings. The summed E-state index contributed by atoms with van der Waals surface area (Å²) in [5.41, 5.74) is 2.35. The fourth-order valence-electron chi connectivity index (χ4n) is 2.11. The van der Waals surface area contributed by atoms with Gasteiger partial charge in [-0.25, -0.2) is 4.39 Å². The lowest BCUT2D eigenvalue weighted by atomic mass is 9.94. The van der Waals surface area contributed by atoms with Gasteiger partial charge < -0.3 is 4.74 Å². The molecular formula is C15H14FNO. The number of hydrogen-bond acceptors (Lipinski definition) is 2. The Labute approximate surface area is 106 Å². The summed E-state index contributed by atoms with van der Waals surface area (Å²) in [6.45, 7) is 4.05. The summed E-state index contributed by atoms with van der Waals surface area (Å²) in [4.78, 5) is 4.26. The Balaban J connectivity index is 2.85. The van der Waals surface area contributed by atoms with Crippen LogP contribution < -0.4 is 4.74 Å². The van der Waals surface area contributed by atoms with Gasteiger partial charge in [0.25, 0.3) is 0 Å². The van der Waals surface area contributed by atoms with E-state index in [9.17, 15) is 4.39 Å². The van der Waals surface area contributed by atoms with Crippen molar-refractivity contribution in [3.8, 4) is 18.1 Å². The molecule has 0 unspecified atom stereocenters. The summed E-state index contributed by atoms with van der Waals surface area (Å²) < 4.78 is 18.7. The molecule has 92 valence electrons. The van der Waals surface area contributed by atoms with Crippen molar-refractivity contribution in [1.82, 2.24) is 4.98 Å². The van der Waals surface area contributed by atoms with Gasteiger partial charge in [-0.2, -0.15) is 0 Å². The molecule has 1 aromatic heterocycles. The van der Waals surface area contributed by atoms with Gasteiger partial charge in [-0.05, 0) is 17.5 Å². The van der Waals surface area contributed by atoms with Crippen LogP contribution in [-0.4, -0.2) is 12.1 Å². The van der Waals surface area contributed by atoms with Crippen LogP contribution in [0.5, 0.6) is 5.75 Å². The molecule has 0 saturated heterocycles. The zero-order valence-corrected chi connectivity index (χ0v) is 10.6. The molecule has 0 aliphatic carbocycles. The number of pyridine rings is 1. The van der Waals surface area contributed by atoms with Crippen molar-refractivity contribution in [3.05, 3.63) is 35.3 Å². The first-order valence-electron chi connectivity index (χ1n) is 5.71. The predicted octanol–water partition coefficient (Wildman–Crippen LogP) is 3.49. The molecule has 1 heterocycles. The van der Waals surface area contributed by atoms with Crippen LogP contribution in [0.25, 0.3) is 10.9 Å². The van der Waals surface area contributed by atoms with E-state index in [1.54, 1.807) is 12.3 Å². The van der Waals surface area contributed by atoms with E-state index in [2.05, 4.69) is 10.9 Å². The fraction of sp³-hybridized carbons (Fsp3) is 0.267. The molecule has 0 spiro atoms. The van der Waals surface area contributed by atoms with Crippen LogP contribution in [0.1, 0.15) is 30.9 Å². The Morgan fingerprint density at radius 1 is 1.39 bits per heavy atom. The van der Waals surface area contributed by atoms with E-state index in [4.69, 9.17) is 11.2 Å². The second kappa shape index (κ2) is 4.66. The molecule has 0 radical (unpaired) electrons. The van der Waals surface area contributed by atoms with Crippen molar-refractivity contribution in [3.63, 3.8) is 0 Å². The van der Waals surface area contributed by atoms with Crippen molar-refractivity contribution in [2.45, 2.75) is 19.8 Å². The number of ether oxygens (including phenoxy) is 1. The first-order valence-corrected chi connectivity index (χ1v) is 5.71. The van der Waals surface area contributed by atoms with E-state index in [0.29, 0.717) is 11.1 Å². The van der Waals surface area contributed by atoms with Crippen molar-refractivity contribution in [1.29, 1.82) is 0 Å². The number of hydrogen-bond donors (Lipinski definition) is 0. The van der Waals surface area contributed by atoms with Crippen LogP contribution >= 0.6 is 0 Å². The molecule has 2 nitrogen and oxygen atoms in total. The quantitative estimate of drug-likeness (QED) is 0.753. The molecule has 3 heteroatoms. The third kappa shape index (κ3) is 1.91. The minimum atomic E-state index is -0.400. The first-order chi connectivity index (χ1) is 8.58. The molecule has 18 heavy (non-hydrogen) atoms. The Kier molecular flexibility index (Phi) is 3.20. The largest absolute Gasteiger partial charge is 0.494 e. The minimum absolute atomic E-state index is 0.193. The van der Waals surface area contributed by atoms with Gasteiger partial charge in [-0.3, -0.25) is 4.98 Å². The zero-order valence-electron chi connectivity index (χ0n) is 10.6. The third-order valence-electron chi connectivity index (χ3n) is 2.92. The lowest BCUT2D eigenvalue weighted by Gasteiger charge is -2.13. The standard InChI is InChI=1S/C15H14FNO/c1-5-10-8-17-13-7-14(18-4)12(16)6-11(13)15(10)9(2)3/h1,6-9H,2-4H3. The average molecular weight is 243 g/mol. The first kappa shape index (κ1) is 12.4. The number of rotatable bonds is 2. The van der Waals surface area contributed by atoms with E-state index in [1.165, 1.54) is 13.2 Å². The topological polar surface area (TPSA) is 22.1 Å². The highest BCUT2D eigenvalue weighted by molar-refractivity contribution is 5.86. The zero-order chi connectivity index (χ0) is 13.3. The second-order valence-corrected chi connectivity index (χ2v) is 4.39. The van der Waals surface area contributed by atoms with Crippen molar-refractivity contribution in [2.75, 3.05) is 7.11 Å². The van der Waals surface area contributed by atoms with E-state index in [0.717, 1.165) is 10.9 Å². The van der Waals surface area contributed by atoms with Crippen LogP contribution in [0.2, 0.25) is 0 Å². The van der Waals surface area contributed by atoms with E-state index in [1.807, 2.05) is 13.8 Å². The van der Waals surface area contributed by atoms with Crippen molar-refractivity contribution in [2.24, 2.45) is 0 Å². The molecular weight excluding hydrogens is 229 g/mol. The summed E-state index contributed by atoms with van der Waals surface area (Å²) in [6, 6.07) is 3.04. The highest BCUT2D eigenvalue weighted by Crippen LogP contribution is 2.31. The fourth-order valence-corrected chi connectivity index (χ4v) is 2.11. The lowest BCUT2D eigenvalue weighted by Crippen LogP contribution is -1.98. The number of aromatic nitrogens is 1. The molecule has 2 rings (SSSR count). The minimum Gasteiger partial charge on any atom is -0.494 e. The van der Waals surface area contributed by atoms with E-state index in [-0.39, 0.29) is 11.7 Å². The second-order valence-electron chi connectivity index (χ2n) is 4.39. The van der Waals surface area contributed by atoms with Gasteiger partial charge in [0, 0.05) is 23.2 Å². The summed E-state index contributed by atoms with van der Waals surface area (Å²) >= 11 is 0. The van der Waals surface area contributed by atoms with Crippen LogP contribution in [0.3, 0.4) is 0 Å². The number of terminal acetylenes is 1. The number of fused-ring (bicyclic) bond motifs is 1. The highest BCUT2D eigenvalue weighted by Gasteiger charge is 2.14. The number of nitrogens with zero attached hydrogens (tertiary/aromatic N) is 1. The maximum absolute atomic E-state index is 13.8. The molecule has 0 N–H and O–H groups in total. The van der Waals surface area contributed by atoms with Crippen LogP contribution in [0.4, 0.5) is 4.39 Å². The molecule has 0 atom stereocenters. The predicted molar refractivity (Wildman–Crippen MR) is 70.3 cm³/mol. The Morgan fingerprint density at radius 2 is 2.11 bits per heavy atom. The van der Waals surface area contributed by atoms with Crippen molar-refractivity contribution < 1.29 is 9.13 Å². The molecule has 0 amide bonds. The smallest absolute Gasteiger partial charge is 0.165 e. The van der Waals surface area contributed by atoms with Gasteiger partial charge in [-0.1, -0.05) is 19.8 Å². The van der Waals surface area contributed by atoms with Gasteiger partial charge >= 0.3 is 0 Å². The third-order valence-corrected chi connectivity index (χ3v) is 2.92. The summed E-state index contributed by atoms with van der Waals surface area (Å²) in [5.74, 6) is 2.60. The van der Waals surface area contributed by atoms with Crippen LogP contribution in [0.15, 0.2) is 18.3 Å². The molecule has 0 bridgehead atoms. The number of benzene rings is 1. The summed E-state index contributed by atoms with van der Waals surface area (Å²) in [6.07, 6.45) is 7.11. The van der Waals surface area contributed by atoms with Gasteiger partial charge in [0.15, 0.2) is 11.6 Å². The number of halogens is 1. The maximum Gasteiger partial charge on any atom is 0.165 e. The van der Waals surface area contributed by atoms with E-state index >= 15 is 0 Å². The van der Waals surface area contributed by atoms with Gasteiger partial charge in [0.2, 0.25) is 0 Å². The van der Waals surface area contributed by atoms with Crippen LogP contribution in [-0.2, 0) is 0 Å². The molecule has 0 aliphatic rings. The maximum atomic E-state index is 13.8. The Bertz CT molecular complexity index is 641. The summed E-state index contributed by atoms with van der Waals surface area (Å²) in [5, 5.41) is 0.749. The van der Waals surface area contributed by atoms with Crippen molar-refractivity contribution >= 4 is 10.9 Å². The molecule has 1 aromatic carbocycles. The molecule has 0 aliphatic heterocycles. The monoisotopic (exact) mass is 243 g/mol. The molecule has 2 aromatic rings. The average Bonchev–Trinajstić information content (AvgIpc) is 2.36.